The minimum Gasteiger partial charge on any atom is -0.496 e. The number of aryl methyl sites for hydroxylation is 1. The van der Waals surface area contributed by atoms with Gasteiger partial charge in [-0.15, -0.1) is 11.3 Å². The molecule has 0 aliphatic carbocycles. The second-order valence-corrected chi connectivity index (χ2v) is 6.11. The van der Waals surface area contributed by atoms with Gasteiger partial charge in [-0.05, 0) is 32.0 Å². The molecule has 0 N–H and O–H groups in total. The van der Waals surface area contributed by atoms with Crippen LogP contribution >= 0.6 is 27.3 Å². The lowest BCUT2D eigenvalue weighted by Crippen LogP contribution is -2.06. The number of benzene rings is 1. The van der Waals surface area contributed by atoms with Crippen LogP contribution in [0.5, 0.6) is 5.75 Å². The number of hydrogen-bond acceptors (Lipinski definition) is 5. The fourth-order valence-electron chi connectivity index (χ4n) is 1.75. The van der Waals surface area contributed by atoms with E-state index in [1.165, 1.54) is 11.3 Å². The van der Waals surface area contributed by atoms with Crippen molar-refractivity contribution in [1.29, 1.82) is 0 Å². The molecule has 0 bridgehead atoms. The summed E-state index contributed by atoms with van der Waals surface area (Å²) in [7, 11) is 1.61. The normalized spacial score (nSPS) is 10.4. The number of thiazole rings is 1. The number of carbonyl (C=O) groups excluding carboxylic acids is 1. The molecule has 0 amide bonds. The van der Waals surface area contributed by atoms with E-state index in [2.05, 4.69) is 20.9 Å². The van der Waals surface area contributed by atoms with Crippen molar-refractivity contribution in [3.63, 3.8) is 0 Å². The second-order valence-electron chi connectivity index (χ2n) is 3.99. The van der Waals surface area contributed by atoms with Crippen molar-refractivity contribution < 1.29 is 14.3 Å². The number of aromatic nitrogens is 1. The first kappa shape index (κ1) is 15.0. The highest BCUT2D eigenvalue weighted by Crippen LogP contribution is 2.36. The van der Waals surface area contributed by atoms with Gasteiger partial charge in [0, 0.05) is 9.35 Å². The van der Waals surface area contributed by atoms with E-state index in [1.807, 2.05) is 25.1 Å². The third-order valence-corrected chi connectivity index (χ3v) is 4.15. The number of halogens is 1. The number of esters is 1. The Morgan fingerprint density at radius 3 is 2.85 bits per heavy atom. The van der Waals surface area contributed by atoms with Crippen molar-refractivity contribution in [2.75, 3.05) is 13.7 Å². The average Bonchev–Trinajstić information content (AvgIpc) is 2.81. The van der Waals surface area contributed by atoms with Gasteiger partial charge >= 0.3 is 5.97 Å². The SMILES string of the molecule is CCOC(=O)c1nc(-c2cc(Br)ccc2OC)sc1C. The first-order chi connectivity index (χ1) is 9.56. The van der Waals surface area contributed by atoms with Gasteiger partial charge in [0.05, 0.1) is 19.3 Å². The molecule has 106 valence electrons. The molecule has 1 heterocycles. The van der Waals surface area contributed by atoms with Gasteiger partial charge in [-0.2, -0.15) is 0 Å². The number of hydrogen-bond donors (Lipinski definition) is 0. The van der Waals surface area contributed by atoms with Gasteiger partial charge in [-0.25, -0.2) is 9.78 Å². The molecule has 0 radical (unpaired) electrons. The lowest BCUT2D eigenvalue weighted by molar-refractivity contribution is 0.0519. The monoisotopic (exact) mass is 355 g/mol. The van der Waals surface area contributed by atoms with Gasteiger partial charge < -0.3 is 9.47 Å². The average molecular weight is 356 g/mol. The first-order valence-electron chi connectivity index (χ1n) is 6.05. The molecule has 20 heavy (non-hydrogen) atoms. The summed E-state index contributed by atoms with van der Waals surface area (Å²) in [5, 5.41) is 0.740. The van der Waals surface area contributed by atoms with Crippen LogP contribution in [0.15, 0.2) is 22.7 Å². The van der Waals surface area contributed by atoms with Crippen LogP contribution in [0, 0.1) is 6.92 Å². The summed E-state index contributed by atoms with van der Waals surface area (Å²) in [6.45, 7) is 3.97. The maximum Gasteiger partial charge on any atom is 0.358 e. The molecule has 4 nitrogen and oxygen atoms in total. The Morgan fingerprint density at radius 1 is 1.45 bits per heavy atom. The Bertz CT molecular complexity index is 639. The van der Waals surface area contributed by atoms with E-state index in [9.17, 15) is 4.79 Å². The van der Waals surface area contributed by atoms with Crippen LogP contribution in [0.3, 0.4) is 0 Å². The molecule has 0 spiro atoms. The Hall–Kier alpha value is -1.40. The van der Waals surface area contributed by atoms with Gasteiger partial charge in [-0.1, -0.05) is 15.9 Å². The summed E-state index contributed by atoms with van der Waals surface area (Å²) in [5.41, 5.74) is 1.22. The Morgan fingerprint density at radius 2 is 2.20 bits per heavy atom. The lowest BCUT2D eigenvalue weighted by atomic mass is 10.2. The van der Waals surface area contributed by atoms with Gasteiger partial charge in [0.1, 0.15) is 10.8 Å². The van der Waals surface area contributed by atoms with Crippen LogP contribution in [0.2, 0.25) is 0 Å². The van der Waals surface area contributed by atoms with E-state index in [-0.39, 0.29) is 5.97 Å². The highest BCUT2D eigenvalue weighted by Gasteiger charge is 2.19. The molecule has 2 rings (SSSR count). The van der Waals surface area contributed by atoms with E-state index in [0.717, 1.165) is 25.7 Å². The Kier molecular flexibility index (Phi) is 4.77. The zero-order chi connectivity index (χ0) is 14.7. The quantitative estimate of drug-likeness (QED) is 0.775. The number of methoxy groups -OCH3 is 1. The maximum atomic E-state index is 11.8. The van der Waals surface area contributed by atoms with Crippen LogP contribution in [0.1, 0.15) is 22.3 Å². The van der Waals surface area contributed by atoms with Crippen LogP contribution in [0.4, 0.5) is 0 Å². The molecule has 0 saturated carbocycles. The fourth-order valence-corrected chi connectivity index (χ4v) is 3.03. The Balaban J connectivity index is 2.47. The van der Waals surface area contributed by atoms with E-state index in [1.54, 1.807) is 14.0 Å². The largest absolute Gasteiger partial charge is 0.496 e. The number of nitrogens with zero attached hydrogens (tertiary/aromatic N) is 1. The highest BCUT2D eigenvalue weighted by molar-refractivity contribution is 9.10. The third-order valence-electron chi connectivity index (χ3n) is 2.66. The summed E-state index contributed by atoms with van der Waals surface area (Å²) >= 11 is 4.88. The van der Waals surface area contributed by atoms with Crippen molar-refractivity contribution in [2.24, 2.45) is 0 Å². The van der Waals surface area contributed by atoms with E-state index >= 15 is 0 Å². The zero-order valence-corrected chi connectivity index (χ0v) is 13.8. The molecule has 0 aliphatic rings. The predicted octanol–water partition coefficient (Wildman–Crippen LogP) is 4.07. The molecule has 0 saturated heterocycles. The van der Waals surface area contributed by atoms with Crippen molar-refractivity contribution >= 4 is 33.2 Å². The zero-order valence-electron chi connectivity index (χ0n) is 11.4. The summed E-state index contributed by atoms with van der Waals surface area (Å²) < 4.78 is 11.3. The van der Waals surface area contributed by atoms with Crippen LogP contribution in [0.25, 0.3) is 10.6 Å². The number of rotatable bonds is 4. The molecule has 0 fully saturated rings. The van der Waals surface area contributed by atoms with Crippen LogP contribution in [-0.2, 0) is 4.74 Å². The third kappa shape index (κ3) is 3.02. The predicted molar refractivity (Wildman–Crippen MR) is 82.5 cm³/mol. The summed E-state index contributed by atoms with van der Waals surface area (Å²) in [5.74, 6) is 0.332. The van der Waals surface area contributed by atoms with Crippen molar-refractivity contribution in [2.45, 2.75) is 13.8 Å². The standard InChI is InChI=1S/C14H14BrNO3S/c1-4-19-14(17)12-8(2)20-13(16-12)10-7-9(15)5-6-11(10)18-3/h5-7H,4H2,1-3H3. The van der Waals surface area contributed by atoms with E-state index in [4.69, 9.17) is 9.47 Å². The molecule has 0 aliphatic heterocycles. The smallest absolute Gasteiger partial charge is 0.358 e. The van der Waals surface area contributed by atoms with Gasteiger partial charge in [0.15, 0.2) is 5.69 Å². The molecule has 2 aromatic rings. The minimum absolute atomic E-state index is 0.339. The Labute approximate surface area is 129 Å². The van der Waals surface area contributed by atoms with Crippen molar-refractivity contribution in [1.82, 2.24) is 4.98 Å². The van der Waals surface area contributed by atoms with Crippen LogP contribution in [-0.4, -0.2) is 24.7 Å². The molecular formula is C14H14BrNO3S. The summed E-state index contributed by atoms with van der Waals surface area (Å²) in [4.78, 5) is 17.0. The topological polar surface area (TPSA) is 48.4 Å². The van der Waals surface area contributed by atoms with Crippen LogP contribution < -0.4 is 4.74 Å². The molecule has 1 aromatic heterocycles. The summed E-state index contributed by atoms with van der Waals surface area (Å²) in [6, 6.07) is 5.68. The van der Waals surface area contributed by atoms with Crippen molar-refractivity contribution in [3.05, 3.63) is 33.2 Å². The highest BCUT2D eigenvalue weighted by atomic mass is 79.9. The number of carbonyl (C=O) groups is 1. The van der Waals surface area contributed by atoms with Gasteiger partial charge in [0.25, 0.3) is 0 Å². The minimum atomic E-state index is -0.388. The van der Waals surface area contributed by atoms with Gasteiger partial charge in [-0.3, -0.25) is 0 Å². The number of ether oxygens (including phenoxy) is 2. The van der Waals surface area contributed by atoms with Gasteiger partial charge in [0.2, 0.25) is 0 Å². The molecule has 6 heteroatoms. The molecule has 0 atom stereocenters. The molecule has 0 unspecified atom stereocenters. The van der Waals surface area contributed by atoms with Crippen molar-refractivity contribution in [3.8, 4) is 16.3 Å². The van der Waals surface area contributed by atoms with E-state index in [0.29, 0.717) is 12.3 Å². The second kappa shape index (κ2) is 6.37. The van der Waals surface area contributed by atoms with E-state index < -0.39 is 0 Å². The lowest BCUT2D eigenvalue weighted by Gasteiger charge is -2.06. The molecule has 1 aromatic carbocycles. The fraction of sp³-hybridized carbons (Fsp3) is 0.286. The molecular weight excluding hydrogens is 342 g/mol. The summed E-state index contributed by atoms with van der Waals surface area (Å²) in [6.07, 6.45) is 0. The first-order valence-corrected chi connectivity index (χ1v) is 7.66. The maximum absolute atomic E-state index is 11.8.